The Bertz CT molecular complexity index is 634. The van der Waals surface area contributed by atoms with E-state index < -0.39 is 54.4 Å². The number of halogens is 6. The molecule has 0 unspecified atom stereocenters. The van der Waals surface area contributed by atoms with E-state index in [9.17, 15) is 40.7 Å². The summed E-state index contributed by atoms with van der Waals surface area (Å²) in [5.74, 6) is -0.779. The van der Waals surface area contributed by atoms with Crippen molar-refractivity contribution in [2.24, 2.45) is 0 Å². The minimum atomic E-state index is -5.65. The third-order valence-electron chi connectivity index (χ3n) is 4.12. The normalized spacial score (nSPS) is 14.9. The van der Waals surface area contributed by atoms with E-state index in [2.05, 4.69) is 16.7 Å². The van der Waals surface area contributed by atoms with Crippen LogP contribution < -0.4 is 0 Å². The summed E-state index contributed by atoms with van der Waals surface area (Å²) in [5.41, 5.74) is 0. The van der Waals surface area contributed by atoms with Crippen LogP contribution in [0.5, 0.6) is 0 Å². The summed E-state index contributed by atoms with van der Waals surface area (Å²) < 4.78 is 74.7. The van der Waals surface area contributed by atoms with Gasteiger partial charge in [0.05, 0.1) is 13.1 Å². The Morgan fingerprint density at radius 2 is 1.45 bits per heavy atom. The van der Waals surface area contributed by atoms with Gasteiger partial charge in [0.1, 0.15) is 0 Å². The first-order valence-corrected chi connectivity index (χ1v) is 8.76. The Hall–Kier alpha value is -2.29. The molecule has 6 nitrogen and oxygen atoms in total. The molecule has 1 heterocycles. The predicted molar refractivity (Wildman–Crippen MR) is 89.2 cm³/mol. The highest BCUT2D eigenvalue weighted by Gasteiger charge is 2.51. The van der Waals surface area contributed by atoms with Crippen LogP contribution in [0.25, 0.3) is 0 Å². The van der Waals surface area contributed by atoms with Crippen molar-refractivity contribution in [2.45, 2.75) is 38.0 Å². The zero-order chi connectivity index (χ0) is 22.2. The summed E-state index contributed by atoms with van der Waals surface area (Å²) in [6, 6.07) is 0. The number of amides is 3. The van der Waals surface area contributed by atoms with Gasteiger partial charge in [0.15, 0.2) is 0 Å². The second-order valence-electron chi connectivity index (χ2n) is 6.45. The molecular weight excluding hydrogens is 408 g/mol. The van der Waals surface area contributed by atoms with E-state index in [0.717, 1.165) is 25.9 Å². The fourth-order valence-electron chi connectivity index (χ4n) is 2.55. The first-order valence-electron chi connectivity index (χ1n) is 8.76. The Balaban J connectivity index is 2.53. The molecule has 0 aromatic rings. The van der Waals surface area contributed by atoms with E-state index in [1.807, 2.05) is 0 Å². The molecule has 0 atom stereocenters. The number of imide groups is 1. The van der Waals surface area contributed by atoms with Crippen molar-refractivity contribution in [3.05, 3.63) is 0 Å². The third kappa shape index (κ3) is 8.31. The second kappa shape index (κ2) is 10.5. The van der Waals surface area contributed by atoms with Gasteiger partial charge in [-0.05, 0) is 32.4 Å². The fraction of sp³-hybridized carbons (Fsp3) is 0.706. The molecule has 0 aromatic heterocycles. The Morgan fingerprint density at radius 1 is 0.931 bits per heavy atom. The van der Waals surface area contributed by atoms with Gasteiger partial charge in [-0.25, -0.2) is 0 Å². The van der Waals surface area contributed by atoms with E-state index in [0.29, 0.717) is 6.54 Å². The van der Waals surface area contributed by atoms with Crippen molar-refractivity contribution in [3.63, 3.8) is 0 Å². The van der Waals surface area contributed by atoms with Crippen molar-refractivity contribution in [1.29, 1.82) is 0 Å². The lowest BCUT2D eigenvalue weighted by Crippen LogP contribution is -2.50. The number of alkyl halides is 6. The van der Waals surface area contributed by atoms with Crippen LogP contribution in [-0.4, -0.2) is 84.5 Å². The van der Waals surface area contributed by atoms with Gasteiger partial charge >= 0.3 is 24.2 Å². The average Bonchev–Trinajstić information content (AvgIpc) is 3.12. The summed E-state index contributed by atoms with van der Waals surface area (Å²) in [7, 11) is 1.38. The molecule has 29 heavy (non-hydrogen) atoms. The van der Waals surface area contributed by atoms with Gasteiger partial charge in [0, 0.05) is 20.0 Å². The quantitative estimate of drug-likeness (QED) is 0.477. The van der Waals surface area contributed by atoms with Gasteiger partial charge in [-0.2, -0.15) is 26.3 Å². The van der Waals surface area contributed by atoms with Crippen LogP contribution in [0.4, 0.5) is 26.3 Å². The molecule has 1 aliphatic rings. The van der Waals surface area contributed by atoms with Crippen molar-refractivity contribution >= 4 is 17.7 Å². The van der Waals surface area contributed by atoms with E-state index in [-0.39, 0.29) is 6.54 Å². The summed E-state index contributed by atoms with van der Waals surface area (Å²) in [4.78, 5) is 36.5. The lowest BCUT2D eigenvalue weighted by molar-refractivity contribution is -0.204. The van der Waals surface area contributed by atoms with E-state index in [1.165, 1.54) is 11.9 Å². The molecule has 1 aliphatic heterocycles. The molecule has 0 N–H and O–H groups in total. The van der Waals surface area contributed by atoms with Crippen LogP contribution in [0.15, 0.2) is 0 Å². The van der Waals surface area contributed by atoms with Gasteiger partial charge in [-0.15, -0.1) is 0 Å². The minimum absolute atomic E-state index is 0.0410. The molecular formula is C17H21F6N3O3. The molecule has 0 saturated carbocycles. The van der Waals surface area contributed by atoms with Gasteiger partial charge in [-0.3, -0.25) is 24.2 Å². The molecule has 12 heteroatoms. The summed E-state index contributed by atoms with van der Waals surface area (Å²) in [5, 5.41) is 0. The molecule has 1 fully saturated rings. The van der Waals surface area contributed by atoms with Gasteiger partial charge in [-0.1, -0.05) is 11.8 Å². The highest BCUT2D eigenvalue weighted by Crippen LogP contribution is 2.24. The van der Waals surface area contributed by atoms with Crippen LogP contribution >= 0.6 is 0 Å². The maximum Gasteiger partial charge on any atom is 0.471 e. The lowest BCUT2D eigenvalue weighted by atomic mass is 10.2. The Morgan fingerprint density at radius 3 is 1.93 bits per heavy atom. The summed E-state index contributed by atoms with van der Waals surface area (Å²) in [6.45, 7) is 1.31. The highest BCUT2D eigenvalue weighted by atomic mass is 19.4. The van der Waals surface area contributed by atoms with Crippen LogP contribution in [0, 0.1) is 11.8 Å². The largest absolute Gasteiger partial charge is 0.471 e. The molecule has 164 valence electrons. The van der Waals surface area contributed by atoms with E-state index >= 15 is 0 Å². The highest BCUT2D eigenvalue weighted by molar-refractivity contribution is 6.00. The first kappa shape index (κ1) is 24.7. The number of hydrogen-bond acceptors (Lipinski definition) is 4. The maximum atomic E-state index is 12.4. The molecule has 1 saturated heterocycles. The smallest absolute Gasteiger partial charge is 0.335 e. The number of carbonyl (C=O) groups is 3. The molecule has 0 spiro atoms. The molecule has 0 aromatic carbocycles. The van der Waals surface area contributed by atoms with Crippen LogP contribution in [-0.2, 0) is 14.4 Å². The zero-order valence-electron chi connectivity index (χ0n) is 15.7. The number of rotatable bonds is 6. The Labute approximate surface area is 163 Å². The summed E-state index contributed by atoms with van der Waals surface area (Å²) >= 11 is 0. The molecule has 0 bridgehead atoms. The van der Waals surface area contributed by atoms with Crippen molar-refractivity contribution in [2.75, 3.05) is 39.8 Å². The van der Waals surface area contributed by atoms with Gasteiger partial charge < -0.3 is 4.90 Å². The van der Waals surface area contributed by atoms with Crippen LogP contribution in [0.1, 0.15) is 25.7 Å². The van der Waals surface area contributed by atoms with E-state index in [1.54, 1.807) is 0 Å². The number of carbonyl (C=O) groups excluding carboxylic acids is 3. The fourth-order valence-corrected chi connectivity index (χ4v) is 2.55. The number of hydrogen-bond donors (Lipinski definition) is 0. The third-order valence-corrected chi connectivity index (χ3v) is 4.12. The van der Waals surface area contributed by atoms with E-state index in [4.69, 9.17) is 0 Å². The second-order valence-corrected chi connectivity index (χ2v) is 6.45. The predicted octanol–water partition coefficient (Wildman–Crippen LogP) is 1.80. The number of nitrogens with zero attached hydrogens (tertiary/aromatic N) is 3. The maximum absolute atomic E-state index is 12.4. The monoisotopic (exact) mass is 429 g/mol. The number of likely N-dealkylation sites (tertiary alicyclic amines) is 1. The lowest BCUT2D eigenvalue weighted by Gasteiger charge is -2.23. The van der Waals surface area contributed by atoms with Gasteiger partial charge in [0.25, 0.3) is 0 Å². The average molecular weight is 429 g/mol. The first-order chi connectivity index (χ1) is 13.3. The standard InChI is InChI=1S/C17H21F6N3O3/c1-24(8-2-3-9-25-10-4-5-11-25)13(27)7-6-12-26(14(28)16(18,19)20)15(29)17(21,22)23/h4-12H2,1H3. The van der Waals surface area contributed by atoms with Crippen molar-refractivity contribution < 1.29 is 40.7 Å². The summed E-state index contributed by atoms with van der Waals surface area (Å²) in [6.07, 6.45) is -10.1. The Kier molecular flexibility index (Phi) is 8.94. The molecule has 3 amide bonds. The van der Waals surface area contributed by atoms with Crippen molar-refractivity contribution in [1.82, 2.24) is 14.7 Å². The molecule has 0 aliphatic carbocycles. The SMILES string of the molecule is CN(CC#CCN1CCCC1)C(=O)CCCN(C(=O)C(F)(F)F)C(=O)C(F)(F)F. The van der Waals surface area contributed by atoms with Crippen molar-refractivity contribution in [3.8, 4) is 11.8 Å². The molecule has 1 rings (SSSR count). The van der Waals surface area contributed by atoms with Gasteiger partial charge in [0.2, 0.25) is 5.91 Å². The van der Waals surface area contributed by atoms with Crippen LogP contribution in [0.2, 0.25) is 0 Å². The minimum Gasteiger partial charge on any atom is -0.335 e. The molecule has 0 radical (unpaired) electrons. The van der Waals surface area contributed by atoms with Crippen LogP contribution in [0.3, 0.4) is 0 Å². The zero-order valence-corrected chi connectivity index (χ0v) is 15.7. The topological polar surface area (TPSA) is 60.9 Å².